The van der Waals surface area contributed by atoms with Gasteiger partial charge >= 0.3 is 107 Å². The maximum atomic E-state index is 2.45. The molecule has 88 valence electrons. The van der Waals surface area contributed by atoms with Crippen LogP contribution in [0.1, 0.15) is 32.6 Å². The first-order valence-electron chi connectivity index (χ1n) is 6.09. The van der Waals surface area contributed by atoms with Crippen LogP contribution in [-0.2, 0) is 17.1 Å². The summed E-state index contributed by atoms with van der Waals surface area (Å²) >= 11 is 0.434. The molecule has 0 aromatic rings. The summed E-state index contributed by atoms with van der Waals surface area (Å²) in [5.41, 5.74) is 0.481. The summed E-state index contributed by atoms with van der Waals surface area (Å²) in [4.78, 5) is 0. The van der Waals surface area contributed by atoms with Crippen molar-refractivity contribution in [1.82, 2.24) is 0 Å². The van der Waals surface area contributed by atoms with Crippen LogP contribution in [0.2, 0.25) is 5.02 Å². The van der Waals surface area contributed by atoms with Gasteiger partial charge in [0.05, 0.1) is 0 Å². The summed E-state index contributed by atoms with van der Waals surface area (Å²) in [5.74, 6) is 0. The van der Waals surface area contributed by atoms with Crippen LogP contribution in [0.15, 0.2) is 46.7 Å². The van der Waals surface area contributed by atoms with Crippen LogP contribution in [0.3, 0.4) is 0 Å². The third-order valence-corrected chi connectivity index (χ3v) is 6.37. The fourth-order valence-electron chi connectivity index (χ4n) is 2.02. The molecule has 0 fully saturated rings. The fraction of sp³-hybridized carbons (Fsp3) is 0.467. The van der Waals surface area contributed by atoms with Gasteiger partial charge < -0.3 is 0 Å². The standard InChI is InChI=1S/C9H13.C6H7.Ru/c1-3-9(2)7-5-4-6-8-9;1-2-4-6-5-3-1;/h4-7H,2-3,8H2,1H3;1-2,5H,3-4H2;. The first kappa shape index (κ1) is 12.1. The summed E-state index contributed by atoms with van der Waals surface area (Å²) < 4.78 is 1.73. The molecule has 1 unspecified atom stereocenters. The first-order valence-corrected chi connectivity index (χ1v) is 8.19. The Balaban J connectivity index is 1.90. The molecule has 2 rings (SSSR count). The van der Waals surface area contributed by atoms with E-state index in [1.54, 1.807) is 4.17 Å². The van der Waals surface area contributed by atoms with Crippen LogP contribution in [-0.4, -0.2) is 0 Å². The minimum absolute atomic E-state index is 0.434. The van der Waals surface area contributed by atoms with E-state index in [1.807, 2.05) is 0 Å². The van der Waals surface area contributed by atoms with Gasteiger partial charge in [0.15, 0.2) is 0 Å². The van der Waals surface area contributed by atoms with E-state index in [-0.39, 0.29) is 0 Å². The third kappa shape index (κ3) is 3.04. The van der Waals surface area contributed by atoms with Crippen molar-refractivity contribution < 1.29 is 17.1 Å². The van der Waals surface area contributed by atoms with Crippen LogP contribution < -0.4 is 0 Å². The van der Waals surface area contributed by atoms with Crippen molar-refractivity contribution >= 4 is 0 Å². The number of hydrogen-bond acceptors (Lipinski definition) is 0. The van der Waals surface area contributed by atoms with E-state index in [0.717, 1.165) is 0 Å². The Hall–Kier alpha value is -0.417. The zero-order valence-electron chi connectivity index (χ0n) is 9.93. The quantitative estimate of drug-likeness (QED) is 0.524. The predicted molar refractivity (Wildman–Crippen MR) is 66.9 cm³/mol. The third-order valence-electron chi connectivity index (χ3n) is 3.34. The molecule has 0 radical (unpaired) electrons. The summed E-state index contributed by atoms with van der Waals surface area (Å²) in [7, 11) is 0. The predicted octanol–water partition coefficient (Wildman–Crippen LogP) is 4.63. The molecule has 0 amide bonds. The second-order valence-corrected chi connectivity index (χ2v) is 6.85. The molecular weight excluding hydrogens is 281 g/mol. The molecule has 0 saturated heterocycles. The molecule has 0 saturated carbocycles. The molecule has 16 heavy (non-hydrogen) atoms. The van der Waals surface area contributed by atoms with Crippen molar-refractivity contribution in [3.8, 4) is 0 Å². The molecule has 1 atom stereocenters. The average Bonchev–Trinajstić information content (AvgIpc) is 2.39. The molecule has 0 heterocycles. The molecule has 0 spiro atoms. The Morgan fingerprint density at radius 2 is 2.19 bits per heavy atom. The summed E-state index contributed by atoms with van der Waals surface area (Å²) in [5, 5.41) is 1.40. The van der Waals surface area contributed by atoms with Gasteiger partial charge in [0.1, 0.15) is 0 Å². The zero-order valence-corrected chi connectivity index (χ0v) is 11.7. The minimum atomic E-state index is 0.434. The first-order chi connectivity index (χ1) is 7.85. The SMILES string of the molecule is CCC1([CH2][Ru][C]2=CCC=CC2)C=CC=CC1. The molecule has 2 aliphatic carbocycles. The van der Waals surface area contributed by atoms with Gasteiger partial charge in [-0.25, -0.2) is 0 Å². The molecule has 0 bridgehead atoms. The van der Waals surface area contributed by atoms with Crippen LogP contribution in [0.5, 0.6) is 0 Å². The van der Waals surface area contributed by atoms with E-state index in [1.165, 1.54) is 30.7 Å². The van der Waals surface area contributed by atoms with Crippen molar-refractivity contribution in [3.05, 3.63) is 46.7 Å². The second-order valence-electron chi connectivity index (χ2n) is 4.50. The van der Waals surface area contributed by atoms with Crippen molar-refractivity contribution in [1.29, 1.82) is 0 Å². The zero-order chi connectivity index (χ0) is 11.3. The van der Waals surface area contributed by atoms with Crippen LogP contribution in [0, 0.1) is 5.41 Å². The van der Waals surface area contributed by atoms with Gasteiger partial charge in [-0.1, -0.05) is 0 Å². The van der Waals surface area contributed by atoms with E-state index in [9.17, 15) is 0 Å². The normalized spacial score (nSPS) is 28.4. The van der Waals surface area contributed by atoms with Gasteiger partial charge in [-0.3, -0.25) is 0 Å². The van der Waals surface area contributed by atoms with Gasteiger partial charge in [0, 0.05) is 0 Å². The number of allylic oxidation sites excluding steroid dienone is 8. The topological polar surface area (TPSA) is 0 Å². The van der Waals surface area contributed by atoms with Gasteiger partial charge in [0.25, 0.3) is 0 Å². The number of hydrogen-bond donors (Lipinski definition) is 0. The second kappa shape index (κ2) is 5.78. The molecule has 0 N–H and O–H groups in total. The van der Waals surface area contributed by atoms with Gasteiger partial charge in [-0.05, 0) is 0 Å². The van der Waals surface area contributed by atoms with Crippen LogP contribution >= 0.6 is 0 Å². The Bertz CT molecular complexity index is 346. The Labute approximate surface area is 107 Å². The molecule has 1 heteroatoms. The fourth-order valence-corrected chi connectivity index (χ4v) is 4.83. The van der Waals surface area contributed by atoms with E-state index < -0.39 is 0 Å². The van der Waals surface area contributed by atoms with Crippen LogP contribution in [0.25, 0.3) is 0 Å². The van der Waals surface area contributed by atoms with Gasteiger partial charge in [-0.15, -0.1) is 0 Å². The Morgan fingerprint density at radius 1 is 1.25 bits per heavy atom. The van der Waals surface area contributed by atoms with Crippen molar-refractivity contribution in [2.75, 3.05) is 0 Å². The van der Waals surface area contributed by atoms with E-state index in [0.29, 0.717) is 22.5 Å². The molecular formula is C15H20Ru. The summed E-state index contributed by atoms with van der Waals surface area (Å²) in [6.07, 6.45) is 21.2. The van der Waals surface area contributed by atoms with Crippen LogP contribution in [0.4, 0.5) is 0 Å². The van der Waals surface area contributed by atoms with Crippen molar-refractivity contribution in [3.63, 3.8) is 0 Å². The maximum absolute atomic E-state index is 2.45. The van der Waals surface area contributed by atoms with E-state index in [4.69, 9.17) is 0 Å². The summed E-state index contributed by atoms with van der Waals surface area (Å²) in [6, 6.07) is 0. The molecule has 0 aromatic heterocycles. The van der Waals surface area contributed by atoms with Gasteiger partial charge in [0.2, 0.25) is 0 Å². The monoisotopic (exact) mass is 302 g/mol. The molecule has 0 aliphatic heterocycles. The molecule has 0 aromatic carbocycles. The van der Waals surface area contributed by atoms with E-state index in [2.05, 4.69) is 49.5 Å². The summed E-state index contributed by atoms with van der Waals surface area (Å²) in [6.45, 7) is 2.33. The molecule has 2 aliphatic rings. The number of rotatable bonds is 4. The van der Waals surface area contributed by atoms with Gasteiger partial charge in [-0.2, -0.15) is 0 Å². The van der Waals surface area contributed by atoms with E-state index >= 15 is 0 Å². The van der Waals surface area contributed by atoms with Crippen molar-refractivity contribution in [2.45, 2.75) is 37.6 Å². The Kier molecular flexibility index (Phi) is 4.35. The van der Waals surface area contributed by atoms with Crippen molar-refractivity contribution in [2.24, 2.45) is 5.41 Å². The average molecular weight is 301 g/mol. The molecule has 0 nitrogen and oxygen atoms in total. The Morgan fingerprint density at radius 3 is 2.81 bits per heavy atom.